The predicted octanol–water partition coefficient (Wildman–Crippen LogP) is 3.81. The van der Waals surface area contributed by atoms with Gasteiger partial charge in [0.1, 0.15) is 11.3 Å². The second kappa shape index (κ2) is 6.55. The van der Waals surface area contributed by atoms with Crippen LogP contribution in [0.5, 0.6) is 0 Å². The van der Waals surface area contributed by atoms with E-state index in [1.54, 1.807) is 13.3 Å². The molecule has 0 spiro atoms. The number of rotatable bonds is 6. The molecule has 0 saturated carbocycles. The third-order valence-corrected chi connectivity index (χ3v) is 3.48. The van der Waals surface area contributed by atoms with E-state index < -0.39 is 0 Å². The fraction of sp³-hybridized carbons (Fsp3) is 0.538. The van der Waals surface area contributed by atoms with Gasteiger partial charge in [-0.15, -0.1) is 11.6 Å². The molecule has 2 heterocycles. The second-order valence-corrected chi connectivity index (χ2v) is 5.13. The number of methoxy groups -OCH3 is 1. The highest BCUT2D eigenvalue weighted by molar-refractivity contribution is 6.31. The molecule has 1 atom stereocenters. The maximum atomic E-state index is 6.00. The van der Waals surface area contributed by atoms with Crippen LogP contribution in [0.1, 0.15) is 31.6 Å². The maximum absolute atomic E-state index is 6.00. The summed E-state index contributed by atoms with van der Waals surface area (Å²) in [7, 11) is 1.70. The molecule has 0 saturated heterocycles. The third-order valence-electron chi connectivity index (χ3n) is 3.04. The lowest BCUT2D eigenvalue weighted by Gasteiger charge is -2.19. The topological polar surface area (TPSA) is 39.9 Å². The van der Waals surface area contributed by atoms with Gasteiger partial charge in [-0.25, -0.2) is 9.97 Å². The Hall–Kier alpha value is -0.840. The van der Waals surface area contributed by atoms with Gasteiger partial charge in [0.05, 0.1) is 23.6 Å². The Morgan fingerprint density at radius 3 is 2.89 bits per heavy atom. The average Bonchev–Trinajstić information content (AvgIpc) is 2.75. The van der Waals surface area contributed by atoms with Gasteiger partial charge in [0, 0.05) is 13.3 Å². The van der Waals surface area contributed by atoms with Crippen molar-refractivity contribution in [2.45, 2.75) is 31.7 Å². The molecule has 19 heavy (non-hydrogen) atoms. The smallest absolute Gasteiger partial charge is 0.160 e. The molecule has 0 aliphatic heterocycles. The summed E-state index contributed by atoms with van der Waals surface area (Å²) in [6, 6.07) is 2.01. The zero-order valence-corrected chi connectivity index (χ0v) is 12.6. The largest absolute Gasteiger partial charge is 0.383 e. The second-order valence-electron chi connectivity index (χ2n) is 4.43. The molecule has 0 amide bonds. The van der Waals surface area contributed by atoms with Gasteiger partial charge in [0.15, 0.2) is 5.65 Å². The molecule has 2 aromatic heterocycles. The molecule has 0 radical (unpaired) electrons. The van der Waals surface area contributed by atoms with Crippen molar-refractivity contribution < 1.29 is 4.74 Å². The SMILES string of the molecule is CCCC(COC)n1c(CCl)nc2cc(Cl)cnc21. The quantitative estimate of drug-likeness (QED) is 0.762. The Balaban J connectivity index is 2.54. The molecule has 0 aliphatic rings. The van der Waals surface area contributed by atoms with Crippen LogP contribution in [0.2, 0.25) is 5.02 Å². The number of ether oxygens (including phenoxy) is 1. The Kier molecular flexibility index (Phi) is 5.02. The molecule has 0 fully saturated rings. The number of hydrogen-bond donors (Lipinski definition) is 0. The van der Waals surface area contributed by atoms with E-state index in [2.05, 4.69) is 21.5 Å². The van der Waals surface area contributed by atoms with Gasteiger partial charge in [0.25, 0.3) is 0 Å². The van der Waals surface area contributed by atoms with Crippen LogP contribution in [0.3, 0.4) is 0 Å². The van der Waals surface area contributed by atoms with Crippen LogP contribution in [0.15, 0.2) is 12.3 Å². The number of aromatic nitrogens is 3. The molecular formula is C13H17Cl2N3O. The monoisotopic (exact) mass is 301 g/mol. The number of nitrogens with zero attached hydrogens (tertiary/aromatic N) is 3. The lowest BCUT2D eigenvalue weighted by Crippen LogP contribution is -2.17. The fourth-order valence-corrected chi connectivity index (χ4v) is 2.64. The van der Waals surface area contributed by atoms with E-state index in [1.807, 2.05) is 6.07 Å². The van der Waals surface area contributed by atoms with Crippen LogP contribution in [0.4, 0.5) is 0 Å². The summed E-state index contributed by atoms with van der Waals surface area (Å²) in [6.07, 6.45) is 3.69. The summed E-state index contributed by atoms with van der Waals surface area (Å²) in [4.78, 5) is 8.89. The van der Waals surface area contributed by atoms with Crippen LogP contribution >= 0.6 is 23.2 Å². The maximum Gasteiger partial charge on any atom is 0.160 e. The molecule has 2 aromatic rings. The minimum absolute atomic E-state index is 0.197. The number of halogens is 2. The van der Waals surface area contributed by atoms with Crippen molar-refractivity contribution in [1.82, 2.24) is 14.5 Å². The molecule has 0 bridgehead atoms. The van der Waals surface area contributed by atoms with Gasteiger partial charge < -0.3 is 9.30 Å². The van der Waals surface area contributed by atoms with E-state index in [9.17, 15) is 0 Å². The highest BCUT2D eigenvalue weighted by atomic mass is 35.5. The van der Waals surface area contributed by atoms with Crippen LogP contribution in [-0.4, -0.2) is 28.3 Å². The van der Waals surface area contributed by atoms with Crippen molar-refractivity contribution in [3.05, 3.63) is 23.1 Å². The minimum atomic E-state index is 0.197. The number of pyridine rings is 1. The normalized spacial score (nSPS) is 13.1. The predicted molar refractivity (Wildman–Crippen MR) is 77.9 cm³/mol. The first-order chi connectivity index (χ1) is 9.21. The molecule has 6 heteroatoms. The number of alkyl halides is 1. The summed E-state index contributed by atoms with van der Waals surface area (Å²) in [5, 5.41) is 0.581. The summed E-state index contributed by atoms with van der Waals surface area (Å²) in [5.74, 6) is 1.15. The van der Waals surface area contributed by atoms with Gasteiger partial charge in [-0.1, -0.05) is 24.9 Å². The van der Waals surface area contributed by atoms with Gasteiger partial charge in [-0.3, -0.25) is 0 Å². The lowest BCUT2D eigenvalue weighted by atomic mass is 10.1. The summed E-state index contributed by atoms with van der Waals surface area (Å²) in [6.45, 7) is 2.76. The average molecular weight is 302 g/mol. The zero-order valence-electron chi connectivity index (χ0n) is 11.1. The summed E-state index contributed by atoms with van der Waals surface area (Å²) < 4.78 is 7.38. The van der Waals surface area contributed by atoms with Gasteiger partial charge in [-0.2, -0.15) is 0 Å². The molecule has 2 rings (SSSR count). The summed E-state index contributed by atoms with van der Waals surface area (Å²) in [5.41, 5.74) is 1.59. The highest BCUT2D eigenvalue weighted by Crippen LogP contribution is 2.25. The van der Waals surface area contributed by atoms with Crippen LogP contribution in [0.25, 0.3) is 11.2 Å². The highest BCUT2D eigenvalue weighted by Gasteiger charge is 2.19. The number of fused-ring (bicyclic) bond motifs is 1. The van der Waals surface area contributed by atoms with Crippen LogP contribution in [-0.2, 0) is 10.6 Å². The van der Waals surface area contributed by atoms with Crippen molar-refractivity contribution >= 4 is 34.4 Å². The molecule has 0 N–H and O–H groups in total. The Bertz CT molecular complexity index is 550. The molecular weight excluding hydrogens is 285 g/mol. The van der Waals surface area contributed by atoms with Crippen LogP contribution in [0, 0.1) is 0 Å². The molecule has 104 valence electrons. The van der Waals surface area contributed by atoms with E-state index in [0.29, 0.717) is 17.5 Å². The first-order valence-corrected chi connectivity index (χ1v) is 7.19. The van der Waals surface area contributed by atoms with Gasteiger partial charge in [0.2, 0.25) is 0 Å². The van der Waals surface area contributed by atoms with Crippen molar-refractivity contribution in [2.75, 3.05) is 13.7 Å². The van der Waals surface area contributed by atoms with Crippen molar-refractivity contribution in [1.29, 1.82) is 0 Å². The van der Waals surface area contributed by atoms with E-state index in [4.69, 9.17) is 27.9 Å². The van der Waals surface area contributed by atoms with E-state index in [1.165, 1.54) is 0 Å². The molecule has 4 nitrogen and oxygen atoms in total. The Labute approximate surface area is 122 Å². The Morgan fingerprint density at radius 1 is 1.47 bits per heavy atom. The van der Waals surface area contributed by atoms with Crippen molar-refractivity contribution in [2.24, 2.45) is 0 Å². The fourth-order valence-electron chi connectivity index (χ4n) is 2.29. The van der Waals surface area contributed by atoms with E-state index >= 15 is 0 Å². The first-order valence-electron chi connectivity index (χ1n) is 6.28. The molecule has 0 aliphatic carbocycles. The minimum Gasteiger partial charge on any atom is -0.383 e. The molecule has 1 unspecified atom stereocenters. The van der Waals surface area contributed by atoms with Crippen molar-refractivity contribution in [3.8, 4) is 0 Å². The third kappa shape index (κ3) is 3.02. The van der Waals surface area contributed by atoms with Gasteiger partial charge >= 0.3 is 0 Å². The lowest BCUT2D eigenvalue weighted by molar-refractivity contribution is 0.151. The Morgan fingerprint density at radius 2 is 2.26 bits per heavy atom. The van der Waals surface area contributed by atoms with E-state index in [-0.39, 0.29) is 6.04 Å². The van der Waals surface area contributed by atoms with Crippen LogP contribution < -0.4 is 0 Å². The zero-order chi connectivity index (χ0) is 13.8. The molecule has 0 aromatic carbocycles. The number of hydrogen-bond acceptors (Lipinski definition) is 3. The first kappa shape index (κ1) is 14.6. The van der Waals surface area contributed by atoms with Gasteiger partial charge in [-0.05, 0) is 12.5 Å². The standard InChI is InChI=1S/C13H17Cl2N3O/c1-3-4-10(8-19-2)18-12(6-14)17-11-5-9(15)7-16-13(11)18/h5,7,10H,3-4,6,8H2,1-2H3. The van der Waals surface area contributed by atoms with Crippen molar-refractivity contribution in [3.63, 3.8) is 0 Å². The number of imidazole rings is 1. The van der Waals surface area contributed by atoms with E-state index in [0.717, 1.165) is 29.8 Å². The summed E-state index contributed by atoms with van der Waals surface area (Å²) >= 11 is 12.0.